The number of aliphatic hydroxyl groups excluding tert-OH is 1. The summed E-state index contributed by atoms with van der Waals surface area (Å²) in [4.78, 5) is 4.47. The number of anilines is 1. The molecule has 2 unspecified atom stereocenters. The lowest BCUT2D eigenvalue weighted by Gasteiger charge is -2.38. The normalized spacial score (nSPS) is 19.3. The maximum Gasteiger partial charge on any atom is 0.151 e. The molecule has 0 saturated carbocycles. The second kappa shape index (κ2) is 8.94. The van der Waals surface area contributed by atoms with Crippen molar-refractivity contribution in [3.8, 4) is 0 Å². The highest BCUT2D eigenvalue weighted by molar-refractivity contribution is 5.37. The van der Waals surface area contributed by atoms with Crippen molar-refractivity contribution in [2.45, 2.75) is 31.6 Å². The average Bonchev–Trinajstić information content (AvgIpc) is 3.16. The first kappa shape index (κ1) is 17.8. The molecule has 1 N–H and O–H groups in total. The van der Waals surface area contributed by atoms with E-state index in [2.05, 4.69) is 27.0 Å². The van der Waals surface area contributed by atoms with Crippen molar-refractivity contribution >= 4 is 5.82 Å². The summed E-state index contributed by atoms with van der Waals surface area (Å²) in [5.41, 5.74) is 0. The van der Waals surface area contributed by atoms with Crippen LogP contribution in [0.25, 0.3) is 0 Å². The number of furan rings is 1. The number of hydrogen-bond donors (Lipinski definition) is 1. The molecule has 0 radical (unpaired) electrons. The van der Waals surface area contributed by atoms with Crippen molar-refractivity contribution in [1.29, 1.82) is 0 Å². The first-order valence-electron chi connectivity index (χ1n) is 8.73. The number of nitrogens with zero attached hydrogens (tertiary/aromatic N) is 4. The van der Waals surface area contributed by atoms with Gasteiger partial charge in [-0.2, -0.15) is 5.10 Å². The van der Waals surface area contributed by atoms with Crippen LogP contribution in [-0.2, 0) is 11.3 Å². The minimum absolute atomic E-state index is 0.297. The van der Waals surface area contributed by atoms with Gasteiger partial charge in [0.15, 0.2) is 5.82 Å². The number of ether oxygens (including phenoxy) is 1. The molecule has 2 aromatic rings. The Balaban J connectivity index is 1.43. The Morgan fingerprint density at radius 2 is 2.36 bits per heavy atom. The molecule has 1 aliphatic rings. The third-order valence-corrected chi connectivity index (χ3v) is 4.54. The van der Waals surface area contributed by atoms with Gasteiger partial charge in [-0.1, -0.05) is 0 Å². The van der Waals surface area contributed by atoms with E-state index in [4.69, 9.17) is 9.15 Å². The summed E-state index contributed by atoms with van der Waals surface area (Å²) in [5.74, 6) is 1.69. The number of rotatable bonds is 8. The molecule has 0 aliphatic carbocycles. The Morgan fingerprint density at radius 1 is 1.44 bits per heavy atom. The molecule has 0 bridgehead atoms. The zero-order valence-electron chi connectivity index (χ0n) is 14.6. The van der Waals surface area contributed by atoms with E-state index in [9.17, 15) is 5.11 Å². The van der Waals surface area contributed by atoms with E-state index in [-0.39, 0.29) is 0 Å². The summed E-state index contributed by atoms with van der Waals surface area (Å²) >= 11 is 0. The predicted molar refractivity (Wildman–Crippen MR) is 94.3 cm³/mol. The van der Waals surface area contributed by atoms with Crippen LogP contribution in [0.5, 0.6) is 0 Å². The van der Waals surface area contributed by atoms with Gasteiger partial charge >= 0.3 is 0 Å². The average molecular weight is 346 g/mol. The van der Waals surface area contributed by atoms with Crippen molar-refractivity contribution in [3.63, 3.8) is 0 Å². The largest absolute Gasteiger partial charge is 0.467 e. The standard InChI is InChI=1S/C18H26N4O3/c1-21(12-16(23)13-24-14-17-6-4-10-25-17)15-5-3-9-22(11-15)18-7-2-8-19-20-18/h2,4,6-8,10,15-16,23H,3,5,9,11-14H2,1H3. The Kier molecular flexibility index (Phi) is 6.38. The number of piperidine rings is 1. The molecule has 3 rings (SSSR count). The highest BCUT2D eigenvalue weighted by Gasteiger charge is 2.25. The van der Waals surface area contributed by atoms with Gasteiger partial charge < -0.3 is 19.2 Å². The molecule has 2 atom stereocenters. The number of aliphatic hydroxyl groups is 1. The lowest BCUT2D eigenvalue weighted by molar-refractivity contribution is 0.00210. The van der Waals surface area contributed by atoms with Gasteiger partial charge in [0.2, 0.25) is 0 Å². The van der Waals surface area contributed by atoms with Crippen LogP contribution >= 0.6 is 0 Å². The molecular weight excluding hydrogens is 320 g/mol. The fraction of sp³-hybridized carbons (Fsp3) is 0.556. The van der Waals surface area contributed by atoms with Crippen LogP contribution in [0.1, 0.15) is 18.6 Å². The highest BCUT2D eigenvalue weighted by Crippen LogP contribution is 2.19. The van der Waals surface area contributed by atoms with Crippen LogP contribution in [0.3, 0.4) is 0 Å². The second-order valence-electron chi connectivity index (χ2n) is 6.51. The molecular formula is C18H26N4O3. The molecule has 0 amide bonds. The summed E-state index contributed by atoms with van der Waals surface area (Å²) in [7, 11) is 2.06. The van der Waals surface area contributed by atoms with E-state index in [1.54, 1.807) is 12.5 Å². The lowest BCUT2D eigenvalue weighted by atomic mass is 10.0. The van der Waals surface area contributed by atoms with E-state index < -0.39 is 6.10 Å². The molecule has 1 fully saturated rings. The van der Waals surface area contributed by atoms with E-state index in [0.717, 1.165) is 37.5 Å². The molecule has 3 heterocycles. The monoisotopic (exact) mass is 346 g/mol. The quantitative estimate of drug-likeness (QED) is 0.777. The Morgan fingerprint density at radius 3 is 3.12 bits per heavy atom. The summed E-state index contributed by atoms with van der Waals surface area (Å²) in [5, 5.41) is 18.4. The van der Waals surface area contributed by atoms with E-state index >= 15 is 0 Å². The van der Waals surface area contributed by atoms with E-state index in [0.29, 0.717) is 25.8 Å². The molecule has 7 heteroatoms. The lowest BCUT2D eigenvalue weighted by Crippen LogP contribution is -2.49. The Hall–Kier alpha value is -1.96. The molecule has 1 aliphatic heterocycles. The molecule has 25 heavy (non-hydrogen) atoms. The van der Waals surface area contributed by atoms with E-state index in [1.165, 1.54) is 0 Å². The molecule has 136 valence electrons. The van der Waals surface area contributed by atoms with Crippen LogP contribution in [0.4, 0.5) is 5.82 Å². The molecule has 2 aromatic heterocycles. The molecule has 7 nitrogen and oxygen atoms in total. The van der Waals surface area contributed by atoms with Crippen molar-refractivity contribution in [2.24, 2.45) is 0 Å². The summed E-state index contributed by atoms with van der Waals surface area (Å²) in [6.45, 7) is 3.16. The van der Waals surface area contributed by atoms with Crippen molar-refractivity contribution in [3.05, 3.63) is 42.5 Å². The maximum atomic E-state index is 10.2. The first-order valence-corrected chi connectivity index (χ1v) is 8.73. The second-order valence-corrected chi connectivity index (χ2v) is 6.51. The van der Waals surface area contributed by atoms with Gasteiger partial charge in [0.1, 0.15) is 12.4 Å². The third kappa shape index (κ3) is 5.26. The SMILES string of the molecule is CN(CC(O)COCc1ccco1)C1CCCN(c2cccnn2)C1. The van der Waals surface area contributed by atoms with Gasteiger partial charge in [0, 0.05) is 31.9 Å². The highest BCUT2D eigenvalue weighted by atomic mass is 16.5. The zero-order valence-corrected chi connectivity index (χ0v) is 14.6. The number of aromatic nitrogens is 2. The topological polar surface area (TPSA) is 74.9 Å². The number of likely N-dealkylation sites (N-methyl/N-ethyl adjacent to an activating group) is 1. The van der Waals surface area contributed by atoms with Crippen LogP contribution in [0.2, 0.25) is 0 Å². The minimum atomic E-state index is -0.521. The van der Waals surface area contributed by atoms with Gasteiger partial charge in [0.05, 0.1) is 19.0 Å². The molecule has 1 saturated heterocycles. The fourth-order valence-electron chi connectivity index (χ4n) is 3.21. The van der Waals surface area contributed by atoms with Gasteiger partial charge in [0.25, 0.3) is 0 Å². The van der Waals surface area contributed by atoms with Crippen LogP contribution < -0.4 is 4.90 Å². The van der Waals surface area contributed by atoms with Gasteiger partial charge in [-0.05, 0) is 44.2 Å². The summed E-state index contributed by atoms with van der Waals surface area (Å²) < 4.78 is 10.7. The Labute approximate surface area is 148 Å². The van der Waals surface area contributed by atoms with Gasteiger partial charge in [-0.3, -0.25) is 4.90 Å². The maximum absolute atomic E-state index is 10.2. The summed E-state index contributed by atoms with van der Waals surface area (Å²) in [6.07, 6.45) is 5.02. The van der Waals surface area contributed by atoms with E-state index in [1.807, 2.05) is 24.3 Å². The smallest absolute Gasteiger partial charge is 0.151 e. The minimum Gasteiger partial charge on any atom is -0.467 e. The number of hydrogen-bond acceptors (Lipinski definition) is 7. The fourth-order valence-corrected chi connectivity index (χ4v) is 3.21. The van der Waals surface area contributed by atoms with Crippen molar-refractivity contribution in [1.82, 2.24) is 15.1 Å². The Bertz CT molecular complexity index is 608. The first-order chi connectivity index (χ1) is 12.2. The van der Waals surface area contributed by atoms with Crippen molar-refractivity contribution < 1.29 is 14.3 Å². The van der Waals surface area contributed by atoms with Gasteiger partial charge in [-0.25, -0.2) is 0 Å². The molecule has 0 aromatic carbocycles. The molecule has 0 spiro atoms. The van der Waals surface area contributed by atoms with Crippen LogP contribution in [0, 0.1) is 0 Å². The summed E-state index contributed by atoms with van der Waals surface area (Å²) in [6, 6.07) is 7.98. The zero-order chi connectivity index (χ0) is 17.5. The van der Waals surface area contributed by atoms with Crippen LogP contribution in [0.15, 0.2) is 41.1 Å². The van der Waals surface area contributed by atoms with Crippen molar-refractivity contribution in [2.75, 3.05) is 38.2 Å². The van der Waals surface area contributed by atoms with Crippen LogP contribution in [-0.4, -0.2) is 65.6 Å². The van der Waals surface area contributed by atoms with Gasteiger partial charge in [-0.15, -0.1) is 5.10 Å². The third-order valence-electron chi connectivity index (χ3n) is 4.54. The predicted octanol–water partition coefficient (Wildman–Crippen LogP) is 1.55.